The fourth-order valence-electron chi connectivity index (χ4n) is 1.78. The topological polar surface area (TPSA) is 55.6 Å². The summed E-state index contributed by atoms with van der Waals surface area (Å²) in [5, 5.41) is 0. The highest BCUT2D eigenvalue weighted by Gasteiger charge is 2.20. The average Bonchev–Trinajstić information content (AvgIpc) is 2.29. The summed E-state index contributed by atoms with van der Waals surface area (Å²) in [7, 11) is 5.04. The fourth-order valence-corrected chi connectivity index (χ4v) is 1.78. The van der Waals surface area contributed by atoms with E-state index in [2.05, 4.69) is 0 Å². The number of likely N-dealkylation sites (N-methyl/N-ethyl adjacent to an activating group) is 1. The van der Waals surface area contributed by atoms with E-state index in [9.17, 15) is 4.79 Å². The van der Waals surface area contributed by atoms with Crippen LogP contribution >= 0.6 is 0 Å². The molecule has 0 heterocycles. The molecule has 0 aliphatic heterocycles. The van der Waals surface area contributed by atoms with Crippen LogP contribution in [0.25, 0.3) is 0 Å². The molecule has 0 bridgehead atoms. The van der Waals surface area contributed by atoms with Crippen LogP contribution in [0.2, 0.25) is 0 Å². The molecule has 94 valence electrons. The van der Waals surface area contributed by atoms with E-state index >= 15 is 0 Å². The van der Waals surface area contributed by atoms with Crippen molar-refractivity contribution in [2.45, 2.75) is 19.9 Å². The van der Waals surface area contributed by atoms with Gasteiger partial charge in [0.2, 0.25) is 5.91 Å². The van der Waals surface area contributed by atoms with Crippen molar-refractivity contribution in [2.24, 2.45) is 5.73 Å². The second-order valence-electron chi connectivity index (χ2n) is 4.39. The first-order chi connectivity index (χ1) is 7.88. The van der Waals surface area contributed by atoms with Crippen LogP contribution in [-0.4, -0.2) is 32.0 Å². The first-order valence-corrected chi connectivity index (χ1v) is 5.50. The van der Waals surface area contributed by atoms with Crippen LogP contribution in [0.1, 0.15) is 22.7 Å². The number of hydrogen-bond donors (Lipinski definition) is 1. The van der Waals surface area contributed by atoms with Crippen molar-refractivity contribution in [1.82, 2.24) is 4.90 Å². The molecular weight excluding hydrogens is 216 g/mol. The third-order valence-corrected chi connectivity index (χ3v) is 2.83. The van der Waals surface area contributed by atoms with E-state index in [0.717, 1.165) is 22.4 Å². The Morgan fingerprint density at radius 2 is 1.88 bits per heavy atom. The van der Waals surface area contributed by atoms with Gasteiger partial charge in [-0.15, -0.1) is 0 Å². The van der Waals surface area contributed by atoms with Crippen molar-refractivity contribution in [2.75, 3.05) is 21.2 Å². The number of carbonyl (C=O) groups excluding carboxylic acids is 1. The van der Waals surface area contributed by atoms with Crippen LogP contribution in [0.3, 0.4) is 0 Å². The first-order valence-electron chi connectivity index (χ1n) is 5.50. The number of nitrogens with zero attached hydrogens (tertiary/aromatic N) is 1. The van der Waals surface area contributed by atoms with Crippen LogP contribution in [0.4, 0.5) is 0 Å². The zero-order valence-corrected chi connectivity index (χ0v) is 11.1. The molecule has 0 saturated carbocycles. The van der Waals surface area contributed by atoms with Gasteiger partial charge < -0.3 is 15.4 Å². The molecule has 17 heavy (non-hydrogen) atoms. The standard InChI is InChI=1S/C13H20N2O2/c1-8-7-11(17-5)9(2)6-10(8)12(14)13(16)15(3)4/h6-7,12H,14H2,1-5H3. The van der Waals surface area contributed by atoms with Gasteiger partial charge in [0.1, 0.15) is 11.8 Å². The number of nitrogens with two attached hydrogens (primary N) is 1. The second-order valence-corrected chi connectivity index (χ2v) is 4.39. The highest BCUT2D eigenvalue weighted by molar-refractivity contribution is 5.83. The Morgan fingerprint density at radius 1 is 1.29 bits per heavy atom. The molecule has 0 radical (unpaired) electrons. The van der Waals surface area contributed by atoms with Gasteiger partial charge in [0.05, 0.1) is 7.11 Å². The Bertz CT molecular complexity index is 428. The summed E-state index contributed by atoms with van der Waals surface area (Å²) < 4.78 is 5.23. The predicted molar refractivity (Wildman–Crippen MR) is 68.1 cm³/mol. The smallest absolute Gasteiger partial charge is 0.243 e. The van der Waals surface area contributed by atoms with Crippen molar-refractivity contribution < 1.29 is 9.53 Å². The van der Waals surface area contributed by atoms with Gasteiger partial charge >= 0.3 is 0 Å². The number of hydrogen-bond acceptors (Lipinski definition) is 3. The Balaban J connectivity index is 3.15. The van der Waals surface area contributed by atoms with Crippen LogP contribution in [0, 0.1) is 13.8 Å². The van der Waals surface area contributed by atoms with Gasteiger partial charge in [-0.2, -0.15) is 0 Å². The van der Waals surface area contributed by atoms with E-state index in [0.29, 0.717) is 0 Å². The van der Waals surface area contributed by atoms with Crippen molar-refractivity contribution in [3.63, 3.8) is 0 Å². The van der Waals surface area contributed by atoms with E-state index in [1.807, 2.05) is 26.0 Å². The first kappa shape index (κ1) is 13.5. The van der Waals surface area contributed by atoms with Crippen LogP contribution in [-0.2, 0) is 4.79 Å². The molecule has 0 spiro atoms. The summed E-state index contributed by atoms with van der Waals surface area (Å²) in [6.07, 6.45) is 0. The summed E-state index contributed by atoms with van der Waals surface area (Å²) in [6.45, 7) is 3.87. The quantitative estimate of drug-likeness (QED) is 0.863. The molecule has 0 aliphatic rings. The van der Waals surface area contributed by atoms with Gasteiger partial charge in [-0.1, -0.05) is 6.07 Å². The SMILES string of the molecule is COc1cc(C)c(C(N)C(=O)N(C)C)cc1C. The maximum Gasteiger partial charge on any atom is 0.243 e. The lowest BCUT2D eigenvalue weighted by molar-refractivity contribution is -0.130. The normalized spacial score (nSPS) is 12.1. The minimum absolute atomic E-state index is 0.0994. The highest BCUT2D eigenvalue weighted by atomic mass is 16.5. The molecule has 2 N–H and O–H groups in total. The summed E-state index contributed by atoms with van der Waals surface area (Å²) in [5.41, 5.74) is 8.77. The lowest BCUT2D eigenvalue weighted by atomic mass is 9.98. The molecule has 1 unspecified atom stereocenters. The molecule has 4 heteroatoms. The van der Waals surface area contributed by atoms with E-state index in [-0.39, 0.29) is 5.91 Å². The lowest BCUT2D eigenvalue weighted by Gasteiger charge is -2.20. The summed E-state index contributed by atoms with van der Waals surface area (Å²) >= 11 is 0. The number of rotatable bonds is 3. The van der Waals surface area contributed by atoms with E-state index < -0.39 is 6.04 Å². The van der Waals surface area contributed by atoms with E-state index in [4.69, 9.17) is 10.5 Å². The second kappa shape index (κ2) is 5.19. The van der Waals surface area contributed by atoms with Gasteiger partial charge in [-0.25, -0.2) is 0 Å². The Morgan fingerprint density at radius 3 is 2.35 bits per heavy atom. The molecule has 1 aromatic carbocycles. The molecule has 1 amide bonds. The van der Waals surface area contributed by atoms with Crippen molar-refractivity contribution >= 4 is 5.91 Å². The molecule has 1 atom stereocenters. The molecule has 0 saturated heterocycles. The predicted octanol–water partition coefficient (Wildman–Crippen LogP) is 1.40. The number of amides is 1. The Kier molecular flexibility index (Phi) is 4.12. The Labute approximate surface area is 102 Å². The van der Waals surface area contributed by atoms with Gasteiger partial charge in [0.25, 0.3) is 0 Å². The minimum Gasteiger partial charge on any atom is -0.496 e. The number of ether oxygens (including phenoxy) is 1. The zero-order valence-electron chi connectivity index (χ0n) is 11.1. The lowest BCUT2D eigenvalue weighted by Crippen LogP contribution is -2.33. The molecule has 1 rings (SSSR count). The molecular formula is C13H20N2O2. The van der Waals surface area contributed by atoms with Gasteiger partial charge in [-0.3, -0.25) is 4.79 Å². The van der Waals surface area contributed by atoms with E-state index in [1.54, 1.807) is 21.2 Å². The largest absolute Gasteiger partial charge is 0.496 e. The number of aryl methyl sites for hydroxylation is 2. The highest BCUT2D eigenvalue weighted by Crippen LogP contribution is 2.26. The van der Waals surface area contributed by atoms with Crippen LogP contribution < -0.4 is 10.5 Å². The molecule has 4 nitrogen and oxygen atoms in total. The van der Waals surface area contributed by atoms with Crippen molar-refractivity contribution in [3.8, 4) is 5.75 Å². The number of benzene rings is 1. The molecule has 0 fully saturated rings. The molecule has 0 aromatic heterocycles. The summed E-state index contributed by atoms with van der Waals surface area (Å²) in [6, 6.07) is 3.21. The summed E-state index contributed by atoms with van der Waals surface area (Å²) in [4.78, 5) is 13.3. The average molecular weight is 236 g/mol. The van der Waals surface area contributed by atoms with Crippen LogP contribution in [0.5, 0.6) is 5.75 Å². The zero-order chi connectivity index (χ0) is 13.2. The number of carbonyl (C=O) groups is 1. The van der Waals surface area contributed by atoms with Gasteiger partial charge in [-0.05, 0) is 36.6 Å². The maximum absolute atomic E-state index is 11.8. The third-order valence-electron chi connectivity index (χ3n) is 2.83. The van der Waals surface area contributed by atoms with Crippen molar-refractivity contribution in [1.29, 1.82) is 0 Å². The molecule has 0 aliphatic carbocycles. The van der Waals surface area contributed by atoms with Crippen molar-refractivity contribution in [3.05, 3.63) is 28.8 Å². The third kappa shape index (κ3) is 2.77. The number of methoxy groups -OCH3 is 1. The minimum atomic E-state index is -0.616. The maximum atomic E-state index is 11.8. The van der Waals surface area contributed by atoms with Crippen LogP contribution in [0.15, 0.2) is 12.1 Å². The molecule has 1 aromatic rings. The fraction of sp³-hybridized carbons (Fsp3) is 0.462. The summed E-state index contributed by atoms with van der Waals surface area (Å²) in [5.74, 6) is 0.716. The monoisotopic (exact) mass is 236 g/mol. The van der Waals surface area contributed by atoms with Gasteiger partial charge in [0.15, 0.2) is 0 Å². The Hall–Kier alpha value is -1.55. The van der Waals surface area contributed by atoms with E-state index in [1.165, 1.54) is 4.90 Å². The van der Waals surface area contributed by atoms with Gasteiger partial charge in [0, 0.05) is 14.1 Å².